The average molecular weight is 225 g/mol. The standard InChI is InChI=1S/C16H33/c1-5-7-13-16(11-6-2)14-10-8-9-12-15(3)4/h14-16H,5-13H2,1-4H3. The van der Waals surface area contributed by atoms with Gasteiger partial charge in [0.2, 0.25) is 0 Å². The summed E-state index contributed by atoms with van der Waals surface area (Å²) in [6, 6.07) is 0. The first-order chi connectivity index (χ1) is 7.70. The van der Waals surface area contributed by atoms with Crippen molar-refractivity contribution in [3.63, 3.8) is 0 Å². The summed E-state index contributed by atoms with van der Waals surface area (Å²) in [5.41, 5.74) is 0. The van der Waals surface area contributed by atoms with E-state index in [1.807, 2.05) is 0 Å². The van der Waals surface area contributed by atoms with E-state index in [0.29, 0.717) is 0 Å². The zero-order valence-electron chi connectivity index (χ0n) is 12.1. The second-order valence-corrected chi connectivity index (χ2v) is 5.60. The Balaban J connectivity index is 3.43. The van der Waals surface area contributed by atoms with Crippen molar-refractivity contribution in [2.45, 2.75) is 85.5 Å². The van der Waals surface area contributed by atoms with Crippen LogP contribution in [-0.4, -0.2) is 0 Å². The first kappa shape index (κ1) is 16.0. The summed E-state index contributed by atoms with van der Waals surface area (Å²) in [7, 11) is 0. The van der Waals surface area contributed by atoms with Gasteiger partial charge in [0, 0.05) is 0 Å². The molecule has 0 saturated carbocycles. The van der Waals surface area contributed by atoms with E-state index in [0.717, 1.165) is 11.8 Å². The summed E-state index contributed by atoms with van der Waals surface area (Å²) in [6.45, 7) is 9.26. The van der Waals surface area contributed by atoms with E-state index >= 15 is 0 Å². The third-order valence-corrected chi connectivity index (χ3v) is 3.32. The lowest BCUT2D eigenvalue weighted by Crippen LogP contribution is -2.01. The van der Waals surface area contributed by atoms with Crippen LogP contribution in [0.1, 0.15) is 85.5 Å². The summed E-state index contributed by atoms with van der Waals surface area (Å²) in [4.78, 5) is 0. The highest BCUT2D eigenvalue weighted by atomic mass is 14.1. The van der Waals surface area contributed by atoms with Crippen LogP contribution < -0.4 is 0 Å². The van der Waals surface area contributed by atoms with Crippen LogP contribution in [0.5, 0.6) is 0 Å². The molecule has 0 aliphatic rings. The van der Waals surface area contributed by atoms with Gasteiger partial charge in [-0.3, -0.25) is 0 Å². The molecule has 0 fully saturated rings. The summed E-state index contributed by atoms with van der Waals surface area (Å²) < 4.78 is 0. The predicted octanol–water partition coefficient (Wildman–Crippen LogP) is 6.01. The average Bonchev–Trinajstić information content (AvgIpc) is 2.24. The Morgan fingerprint density at radius 1 is 0.812 bits per heavy atom. The lowest BCUT2D eigenvalue weighted by molar-refractivity contribution is 0.456. The molecule has 0 heterocycles. The van der Waals surface area contributed by atoms with Gasteiger partial charge in [0.05, 0.1) is 0 Å². The lowest BCUT2D eigenvalue weighted by Gasteiger charge is -2.15. The maximum Gasteiger partial charge on any atom is -0.0355 e. The molecule has 0 aromatic heterocycles. The highest BCUT2D eigenvalue weighted by Crippen LogP contribution is 2.21. The molecule has 0 aromatic carbocycles. The minimum absolute atomic E-state index is 0.881. The molecule has 0 heteroatoms. The molecule has 0 nitrogen and oxygen atoms in total. The van der Waals surface area contributed by atoms with Crippen LogP contribution in [0.3, 0.4) is 0 Å². The van der Waals surface area contributed by atoms with Crippen molar-refractivity contribution in [3.8, 4) is 0 Å². The quantitative estimate of drug-likeness (QED) is 0.377. The van der Waals surface area contributed by atoms with Crippen LogP contribution in [-0.2, 0) is 0 Å². The molecule has 0 spiro atoms. The van der Waals surface area contributed by atoms with Gasteiger partial charge >= 0.3 is 0 Å². The molecule has 0 saturated heterocycles. The lowest BCUT2D eigenvalue weighted by atomic mass is 9.91. The topological polar surface area (TPSA) is 0 Å². The van der Waals surface area contributed by atoms with Gasteiger partial charge in [-0.25, -0.2) is 0 Å². The van der Waals surface area contributed by atoms with Gasteiger partial charge in [0.15, 0.2) is 0 Å². The Bertz CT molecular complexity index is 126. The smallest absolute Gasteiger partial charge is 0.0355 e. The number of hydrogen-bond acceptors (Lipinski definition) is 0. The molecular formula is C16H33. The molecule has 0 amide bonds. The summed E-state index contributed by atoms with van der Waals surface area (Å²) in [6.07, 6.45) is 15.1. The van der Waals surface area contributed by atoms with E-state index in [9.17, 15) is 0 Å². The van der Waals surface area contributed by atoms with E-state index in [2.05, 4.69) is 34.1 Å². The molecule has 1 radical (unpaired) electrons. The molecule has 0 aliphatic heterocycles. The minimum Gasteiger partial charge on any atom is -0.0654 e. The predicted molar refractivity (Wildman–Crippen MR) is 75.5 cm³/mol. The van der Waals surface area contributed by atoms with Crippen LogP contribution in [0.15, 0.2) is 0 Å². The Hall–Kier alpha value is 0. The fourth-order valence-corrected chi connectivity index (χ4v) is 2.27. The van der Waals surface area contributed by atoms with Gasteiger partial charge in [0.1, 0.15) is 0 Å². The molecule has 1 unspecified atom stereocenters. The van der Waals surface area contributed by atoms with Crippen molar-refractivity contribution in [1.29, 1.82) is 0 Å². The van der Waals surface area contributed by atoms with E-state index in [1.165, 1.54) is 57.8 Å². The number of unbranched alkanes of at least 4 members (excludes halogenated alkanes) is 3. The number of hydrogen-bond donors (Lipinski definition) is 0. The Labute approximate surface area is 104 Å². The molecule has 0 N–H and O–H groups in total. The molecule has 0 aliphatic carbocycles. The molecule has 97 valence electrons. The summed E-state index contributed by atoms with van der Waals surface area (Å²) >= 11 is 0. The van der Waals surface area contributed by atoms with Crippen molar-refractivity contribution in [2.75, 3.05) is 0 Å². The maximum atomic E-state index is 2.61. The first-order valence-corrected chi connectivity index (χ1v) is 7.54. The van der Waals surface area contributed by atoms with E-state index in [-0.39, 0.29) is 0 Å². The first-order valence-electron chi connectivity index (χ1n) is 7.54. The third-order valence-electron chi connectivity index (χ3n) is 3.32. The Kier molecular flexibility index (Phi) is 11.5. The van der Waals surface area contributed by atoms with Crippen molar-refractivity contribution >= 4 is 0 Å². The molecule has 1 atom stereocenters. The largest absolute Gasteiger partial charge is 0.0654 e. The summed E-state index contributed by atoms with van der Waals surface area (Å²) in [5.74, 6) is 1.79. The van der Waals surface area contributed by atoms with Crippen LogP contribution >= 0.6 is 0 Å². The zero-order chi connectivity index (χ0) is 12.2. The van der Waals surface area contributed by atoms with Crippen LogP contribution in [0.2, 0.25) is 0 Å². The van der Waals surface area contributed by atoms with E-state index in [4.69, 9.17) is 0 Å². The van der Waals surface area contributed by atoms with E-state index < -0.39 is 0 Å². The van der Waals surface area contributed by atoms with Crippen LogP contribution in [0.4, 0.5) is 0 Å². The second-order valence-electron chi connectivity index (χ2n) is 5.60. The van der Waals surface area contributed by atoms with Gasteiger partial charge in [0.25, 0.3) is 0 Å². The van der Waals surface area contributed by atoms with Crippen molar-refractivity contribution in [3.05, 3.63) is 6.42 Å². The zero-order valence-corrected chi connectivity index (χ0v) is 12.1. The minimum atomic E-state index is 0.881. The monoisotopic (exact) mass is 225 g/mol. The van der Waals surface area contributed by atoms with Crippen LogP contribution in [0.25, 0.3) is 0 Å². The van der Waals surface area contributed by atoms with Gasteiger partial charge in [-0.2, -0.15) is 0 Å². The molecule has 0 bridgehead atoms. The van der Waals surface area contributed by atoms with Gasteiger partial charge in [-0.1, -0.05) is 79.1 Å². The van der Waals surface area contributed by atoms with Gasteiger partial charge in [-0.15, -0.1) is 0 Å². The van der Waals surface area contributed by atoms with Gasteiger partial charge < -0.3 is 0 Å². The maximum absolute atomic E-state index is 2.61. The summed E-state index contributed by atoms with van der Waals surface area (Å²) in [5, 5.41) is 0. The highest BCUT2D eigenvalue weighted by molar-refractivity contribution is 4.76. The molecular weight excluding hydrogens is 192 g/mol. The Morgan fingerprint density at radius 2 is 1.56 bits per heavy atom. The van der Waals surface area contributed by atoms with E-state index in [1.54, 1.807) is 0 Å². The van der Waals surface area contributed by atoms with Crippen LogP contribution in [0, 0.1) is 18.3 Å². The second kappa shape index (κ2) is 11.5. The molecule has 0 aromatic rings. The fourth-order valence-electron chi connectivity index (χ4n) is 2.27. The van der Waals surface area contributed by atoms with Crippen molar-refractivity contribution < 1.29 is 0 Å². The SMILES string of the molecule is CCCCC([CH]CCCCC(C)C)CCC. The number of rotatable bonds is 11. The molecule has 16 heavy (non-hydrogen) atoms. The highest BCUT2D eigenvalue weighted by Gasteiger charge is 2.07. The normalized spacial score (nSPS) is 13.3. The van der Waals surface area contributed by atoms with Gasteiger partial charge in [-0.05, 0) is 24.7 Å². The van der Waals surface area contributed by atoms with Crippen molar-refractivity contribution in [2.24, 2.45) is 11.8 Å². The molecule has 0 rings (SSSR count). The third kappa shape index (κ3) is 10.5. The fraction of sp³-hybridized carbons (Fsp3) is 0.938. The Morgan fingerprint density at radius 3 is 2.12 bits per heavy atom. The van der Waals surface area contributed by atoms with Crippen molar-refractivity contribution in [1.82, 2.24) is 0 Å².